The second kappa shape index (κ2) is 5.99. The van der Waals surface area contributed by atoms with Gasteiger partial charge in [0.25, 0.3) is 0 Å². The number of hydrogen-bond donors (Lipinski definition) is 1. The maximum Gasteiger partial charge on any atom is 0.228 e. The molecule has 1 aliphatic carbocycles. The van der Waals surface area contributed by atoms with Crippen LogP contribution in [0.25, 0.3) is 0 Å². The zero-order valence-electron chi connectivity index (χ0n) is 9.32. The van der Waals surface area contributed by atoms with E-state index >= 15 is 0 Å². The monoisotopic (exact) mass is 308 g/mol. The number of alkyl halides is 1. The minimum Gasteiger partial charge on any atom is -0.211 e. The largest absolute Gasteiger partial charge is 0.228 e. The third-order valence-electron chi connectivity index (χ3n) is 2.89. The highest BCUT2D eigenvalue weighted by molar-refractivity contribution is 9.09. The van der Waals surface area contributed by atoms with E-state index in [2.05, 4.69) is 20.7 Å². The minimum atomic E-state index is -3.50. The molecule has 92 valence electrons. The molecule has 4 nitrogen and oxygen atoms in total. The Balaban J connectivity index is 2.68. The van der Waals surface area contributed by atoms with Crippen molar-refractivity contribution >= 4 is 26.0 Å². The van der Waals surface area contributed by atoms with Gasteiger partial charge in [-0.2, -0.15) is 5.26 Å². The fourth-order valence-electron chi connectivity index (χ4n) is 1.89. The molecule has 3 unspecified atom stereocenters. The Bertz CT molecular complexity index is 364. The first-order valence-corrected chi connectivity index (χ1v) is 8.02. The molecule has 1 N–H and O–H groups in total. The van der Waals surface area contributed by atoms with E-state index in [1.54, 1.807) is 6.92 Å². The Kier molecular flexibility index (Phi) is 5.22. The molecule has 0 aromatic heterocycles. The van der Waals surface area contributed by atoms with Crippen LogP contribution in [0.1, 0.15) is 39.0 Å². The lowest BCUT2D eigenvalue weighted by atomic mass is 9.96. The van der Waals surface area contributed by atoms with Gasteiger partial charge in [0, 0.05) is 10.9 Å². The van der Waals surface area contributed by atoms with E-state index in [1.807, 2.05) is 6.07 Å². The zero-order valence-corrected chi connectivity index (χ0v) is 11.7. The molecule has 1 rings (SSSR count). The van der Waals surface area contributed by atoms with Gasteiger partial charge in [-0.1, -0.05) is 35.7 Å². The van der Waals surface area contributed by atoms with Gasteiger partial charge in [0.05, 0.1) is 6.07 Å². The summed E-state index contributed by atoms with van der Waals surface area (Å²) < 4.78 is 26.4. The maximum absolute atomic E-state index is 11.9. The van der Waals surface area contributed by atoms with E-state index in [-0.39, 0.29) is 10.9 Å². The third kappa shape index (κ3) is 3.44. The van der Waals surface area contributed by atoms with Crippen molar-refractivity contribution in [1.29, 1.82) is 5.26 Å². The van der Waals surface area contributed by atoms with Crippen LogP contribution in [0.15, 0.2) is 0 Å². The van der Waals surface area contributed by atoms with Crippen molar-refractivity contribution in [3.8, 4) is 6.07 Å². The molecule has 1 aliphatic rings. The molecular formula is C10H17BrN2O2S. The zero-order chi connectivity index (χ0) is 12.2. The van der Waals surface area contributed by atoms with Crippen molar-refractivity contribution < 1.29 is 8.42 Å². The third-order valence-corrected chi connectivity index (χ3v) is 5.80. The predicted octanol–water partition coefficient (Wildman–Crippen LogP) is 1.91. The van der Waals surface area contributed by atoms with Gasteiger partial charge >= 0.3 is 0 Å². The highest BCUT2D eigenvalue weighted by Crippen LogP contribution is 2.25. The van der Waals surface area contributed by atoms with Gasteiger partial charge < -0.3 is 0 Å². The summed E-state index contributed by atoms with van der Waals surface area (Å²) in [6.07, 6.45) is 4.32. The van der Waals surface area contributed by atoms with Crippen LogP contribution in [0, 0.1) is 11.3 Å². The molecule has 0 aliphatic heterocycles. The summed E-state index contributed by atoms with van der Waals surface area (Å²) in [6, 6.07) is 1.76. The topological polar surface area (TPSA) is 70.0 Å². The fourth-order valence-corrected chi connectivity index (χ4v) is 4.23. The molecule has 1 fully saturated rings. The second-order valence-electron chi connectivity index (χ2n) is 4.10. The molecule has 0 amide bonds. The van der Waals surface area contributed by atoms with Crippen LogP contribution in [-0.4, -0.2) is 24.5 Å². The standard InChI is InChI=1S/C10H17BrN2O2S/c1-2-8(7-12)16(14,15)13-10-6-4-3-5-9(10)11/h8-10,13H,2-6H2,1H3. The van der Waals surface area contributed by atoms with Crippen LogP contribution >= 0.6 is 15.9 Å². The molecule has 0 spiro atoms. The number of nitriles is 1. The molecule has 0 radical (unpaired) electrons. The van der Waals surface area contributed by atoms with Crippen molar-refractivity contribution in [1.82, 2.24) is 4.72 Å². The summed E-state index contributed by atoms with van der Waals surface area (Å²) in [5.74, 6) is 0. The number of halogens is 1. The second-order valence-corrected chi connectivity index (χ2v) is 7.17. The Morgan fingerprint density at radius 3 is 2.62 bits per heavy atom. The van der Waals surface area contributed by atoms with Gasteiger partial charge in [0.15, 0.2) is 5.25 Å². The summed E-state index contributed by atoms with van der Waals surface area (Å²) in [4.78, 5) is 0.187. The van der Waals surface area contributed by atoms with Crippen molar-refractivity contribution in [2.75, 3.05) is 0 Å². The summed E-state index contributed by atoms with van der Waals surface area (Å²) in [5.41, 5.74) is 0. The molecule has 0 aromatic carbocycles. The first-order chi connectivity index (χ1) is 7.51. The van der Waals surface area contributed by atoms with E-state index in [4.69, 9.17) is 5.26 Å². The van der Waals surface area contributed by atoms with E-state index in [0.29, 0.717) is 6.42 Å². The van der Waals surface area contributed by atoms with Crippen LogP contribution in [0.3, 0.4) is 0 Å². The SMILES string of the molecule is CCC(C#N)S(=O)(=O)NC1CCCCC1Br. The number of sulfonamides is 1. The van der Waals surface area contributed by atoms with E-state index in [0.717, 1.165) is 25.7 Å². The first kappa shape index (κ1) is 13.9. The van der Waals surface area contributed by atoms with Crippen molar-refractivity contribution in [2.24, 2.45) is 0 Å². The average Bonchev–Trinajstić information content (AvgIpc) is 2.22. The minimum absolute atomic E-state index is 0.0684. The molecule has 0 bridgehead atoms. The quantitative estimate of drug-likeness (QED) is 0.807. The lowest BCUT2D eigenvalue weighted by Gasteiger charge is -2.28. The van der Waals surface area contributed by atoms with E-state index < -0.39 is 15.3 Å². The highest BCUT2D eigenvalue weighted by Gasteiger charge is 2.31. The van der Waals surface area contributed by atoms with Gasteiger partial charge in [0.1, 0.15) is 0 Å². The number of nitrogens with zero attached hydrogens (tertiary/aromatic N) is 1. The average molecular weight is 309 g/mol. The lowest BCUT2D eigenvalue weighted by Crippen LogP contribution is -2.45. The van der Waals surface area contributed by atoms with Gasteiger partial charge in [-0.3, -0.25) is 0 Å². The lowest BCUT2D eigenvalue weighted by molar-refractivity contribution is 0.426. The van der Waals surface area contributed by atoms with Crippen LogP contribution in [0.2, 0.25) is 0 Å². The van der Waals surface area contributed by atoms with Gasteiger partial charge in [-0.25, -0.2) is 13.1 Å². The van der Waals surface area contributed by atoms with Crippen molar-refractivity contribution in [2.45, 2.75) is 55.1 Å². The molecule has 0 aromatic rings. The van der Waals surface area contributed by atoms with Gasteiger partial charge in [0.2, 0.25) is 10.0 Å². The Labute approximate surface area is 106 Å². The highest BCUT2D eigenvalue weighted by atomic mass is 79.9. The van der Waals surface area contributed by atoms with Crippen molar-refractivity contribution in [3.63, 3.8) is 0 Å². The van der Waals surface area contributed by atoms with Gasteiger partial charge in [-0.05, 0) is 19.3 Å². The Morgan fingerprint density at radius 1 is 1.50 bits per heavy atom. The first-order valence-electron chi connectivity index (χ1n) is 5.56. The van der Waals surface area contributed by atoms with Crippen molar-refractivity contribution in [3.05, 3.63) is 0 Å². The van der Waals surface area contributed by atoms with Crippen LogP contribution < -0.4 is 4.72 Å². The summed E-state index contributed by atoms with van der Waals surface area (Å²) >= 11 is 3.49. The molecule has 1 saturated carbocycles. The number of nitrogens with one attached hydrogen (secondary N) is 1. The molecular weight excluding hydrogens is 292 g/mol. The molecule has 16 heavy (non-hydrogen) atoms. The molecule has 6 heteroatoms. The summed E-state index contributed by atoms with van der Waals surface area (Å²) in [5, 5.41) is 7.84. The Hall–Kier alpha value is -0.120. The van der Waals surface area contributed by atoms with Crippen LogP contribution in [0.5, 0.6) is 0 Å². The maximum atomic E-state index is 11.9. The molecule has 0 saturated heterocycles. The number of hydrogen-bond acceptors (Lipinski definition) is 3. The van der Waals surface area contributed by atoms with Crippen LogP contribution in [0.4, 0.5) is 0 Å². The summed E-state index contributed by atoms with van der Waals surface area (Å²) in [7, 11) is -3.50. The predicted molar refractivity (Wildman–Crippen MR) is 66.7 cm³/mol. The van der Waals surface area contributed by atoms with E-state index in [9.17, 15) is 8.42 Å². The normalized spacial score (nSPS) is 28.3. The number of rotatable bonds is 4. The summed E-state index contributed by atoms with van der Waals surface area (Å²) in [6.45, 7) is 1.71. The molecule has 0 heterocycles. The van der Waals surface area contributed by atoms with Crippen LogP contribution in [-0.2, 0) is 10.0 Å². The fraction of sp³-hybridized carbons (Fsp3) is 0.900. The Morgan fingerprint density at radius 2 is 2.12 bits per heavy atom. The molecule has 3 atom stereocenters. The van der Waals surface area contributed by atoms with E-state index in [1.165, 1.54) is 0 Å². The smallest absolute Gasteiger partial charge is 0.211 e. The van der Waals surface area contributed by atoms with Gasteiger partial charge in [-0.15, -0.1) is 0 Å².